The lowest BCUT2D eigenvalue weighted by molar-refractivity contribution is -0.116. The maximum Gasteiger partial charge on any atom is 0.242 e. The molecule has 0 bridgehead atoms. The van der Waals surface area contributed by atoms with E-state index in [-0.39, 0.29) is 4.90 Å². The molecule has 0 N–H and O–H groups in total. The number of aryl methyl sites for hydroxylation is 1. The van der Waals surface area contributed by atoms with E-state index in [2.05, 4.69) is 15.9 Å². The molecule has 2 aromatic rings. The van der Waals surface area contributed by atoms with Gasteiger partial charge in [0.2, 0.25) is 5.91 Å². The van der Waals surface area contributed by atoms with Crippen LogP contribution in [0, 0.1) is 0 Å². The van der Waals surface area contributed by atoms with E-state index in [1.807, 2.05) is 18.2 Å². The fourth-order valence-corrected chi connectivity index (χ4v) is 4.52. The molecule has 3 rings (SSSR count). The van der Waals surface area contributed by atoms with Crippen LogP contribution in [0.15, 0.2) is 51.8 Å². The van der Waals surface area contributed by atoms with Gasteiger partial charge in [-0.05, 0) is 60.9 Å². The van der Waals surface area contributed by atoms with Gasteiger partial charge in [-0.1, -0.05) is 27.5 Å². The number of fused-ring (bicyclic) bond motifs is 1. The van der Waals surface area contributed by atoms with E-state index in [1.54, 1.807) is 4.90 Å². The molecular formula is C17H15BrClNO3S. The fourth-order valence-electron chi connectivity index (χ4n) is 2.79. The van der Waals surface area contributed by atoms with E-state index in [0.717, 1.165) is 28.6 Å². The Morgan fingerprint density at radius 3 is 2.58 bits per heavy atom. The minimum Gasteiger partial charge on any atom is -0.311 e. The Hall–Kier alpha value is -1.37. The first kappa shape index (κ1) is 17.5. The molecule has 0 atom stereocenters. The number of carbonyl (C=O) groups is 1. The first-order valence-corrected chi connectivity index (χ1v) is 10.3. The third kappa shape index (κ3) is 3.66. The van der Waals surface area contributed by atoms with Crippen LogP contribution in [0.3, 0.4) is 0 Å². The van der Waals surface area contributed by atoms with Gasteiger partial charge in [0.15, 0.2) is 9.84 Å². The molecule has 24 heavy (non-hydrogen) atoms. The van der Waals surface area contributed by atoms with Gasteiger partial charge in [-0.2, -0.15) is 0 Å². The molecule has 1 heterocycles. The van der Waals surface area contributed by atoms with Gasteiger partial charge in [0.1, 0.15) is 5.75 Å². The lowest BCUT2D eigenvalue weighted by Crippen LogP contribution is -2.39. The van der Waals surface area contributed by atoms with E-state index < -0.39 is 21.5 Å². The predicted octanol–water partition coefficient (Wildman–Crippen LogP) is 3.86. The second-order valence-corrected chi connectivity index (χ2v) is 8.98. The van der Waals surface area contributed by atoms with Crippen molar-refractivity contribution in [1.29, 1.82) is 0 Å². The Kier molecular flexibility index (Phi) is 4.99. The molecule has 1 aliphatic rings. The highest BCUT2D eigenvalue weighted by atomic mass is 79.9. The molecule has 0 saturated carbocycles. The highest BCUT2D eigenvalue weighted by Gasteiger charge is 2.27. The van der Waals surface area contributed by atoms with Crippen molar-refractivity contribution in [2.75, 3.05) is 17.2 Å². The topological polar surface area (TPSA) is 54.5 Å². The largest absolute Gasteiger partial charge is 0.311 e. The van der Waals surface area contributed by atoms with Crippen LogP contribution < -0.4 is 4.90 Å². The summed E-state index contributed by atoms with van der Waals surface area (Å²) in [4.78, 5) is 14.3. The van der Waals surface area contributed by atoms with Crippen molar-refractivity contribution >= 4 is 49.0 Å². The normalized spacial score (nSPS) is 14.3. The summed E-state index contributed by atoms with van der Waals surface area (Å²) in [7, 11) is -3.70. The minimum atomic E-state index is -3.70. The van der Waals surface area contributed by atoms with Crippen LogP contribution in [0.5, 0.6) is 0 Å². The molecular weight excluding hydrogens is 414 g/mol. The molecule has 0 aromatic heterocycles. The summed E-state index contributed by atoms with van der Waals surface area (Å²) >= 11 is 9.21. The quantitative estimate of drug-likeness (QED) is 0.746. The summed E-state index contributed by atoms with van der Waals surface area (Å²) < 4.78 is 25.9. The van der Waals surface area contributed by atoms with E-state index in [0.29, 0.717) is 11.6 Å². The predicted molar refractivity (Wildman–Crippen MR) is 98.3 cm³/mol. The molecule has 0 spiro atoms. The van der Waals surface area contributed by atoms with Crippen molar-refractivity contribution in [2.24, 2.45) is 0 Å². The summed E-state index contributed by atoms with van der Waals surface area (Å²) in [6.45, 7) is 0.531. The van der Waals surface area contributed by atoms with Crippen LogP contribution in [0.1, 0.15) is 12.0 Å². The Morgan fingerprint density at radius 1 is 1.17 bits per heavy atom. The van der Waals surface area contributed by atoms with Crippen LogP contribution in [0.2, 0.25) is 5.02 Å². The summed E-state index contributed by atoms with van der Waals surface area (Å²) in [6.07, 6.45) is 1.69. The van der Waals surface area contributed by atoms with Crippen molar-refractivity contribution < 1.29 is 13.2 Å². The first-order chi connectivity index (χ1) is 11.4. The Bertz CT molecular complexity index is 881. The second kappa shape index (κ2) is 6.86. The summed E-state index contributed by atoms with van der Waals surface area (Å²) in [5, 5.41) is 0.454. The van der Waals surface area contributed by atoms with Crippen molar-refractivity contribution in [2.45, 2.75) is 17.7 Å². The maximum absolute atomic E-state index is 12.6. The summed E-state index contributed by atoms with van der Waals surface area (Å²) in [6, 6.07) is 11.5. The number of nitrogens with zero attached hydrogens (tertiary/aromatic N) is 1. The summed E-state index contributed by atoms with van der Waals surface area (Å²) in [5.74, 6) is -0.961. The first-order valence-electron chi connectivity index (χ1n) is 7.44. The van der Waals surface area contributed by atoms with Gasteiger partial charge >= 0.3 is 0 Å². The number of benzene rings is 2. The molecule has 0 saturated heterocycles. The molecule has 0 fully saturated rings. The standard InChI is InChI=1S/C17H15BrClNO3S/c18-13-3-8-16-12(10-13)2-1-9-20(16)17(21)11-24(22,23)15-6-4-14(19)5-7-15/h3-8,10H,1-2,9,11H2. The van der Waals surface area contributed by atoms with Crippen LogP contribution >= 0.6 is 27.5 Å². The van der Waals surface area contributed by atoms with E-state index >= 15 is 0 Å². The van der Waals surface area contributed by atoms with Gasteiger partial charge in [0.05, 0.1) is 4.90 Å². The number of carbonyl (C=O) groups excluding carboxylic acids is 1. The number of halogens is 2. The Morgan fingerprint density at radius 2 is 1.88 bits per heavy atom. The Labute approximate surface area is 154 Å². The molecule has 0 radical (unpaired) electrons. The fraction of sp³-hybridized carbons (Fsp3) is 0.235. The third-order valence-corrected chi connectivity index (χ3v) is 6.31. The molecule has 1 aliphatic heterocycles. The van der Waals surface area contributed by atoms with Crippen molar-refractivity contribution in [3.63, 3.8) is 0 Å². The van der Waals surface area contributed by atoms with Crippen LogP contribution in [-0.2, 0) is 21.1 Å². The van der Waals surface area contributed by atoms with Crippen molar-refractivity contribution in [3.05, 3.63) is 57.5 Å². The third-order valence-electron chi connectivity index (χ3n) is 3.95. The second-order valence-electron chi connectivity index (χ2n) is 5.63. The monoisotopic (exact) mass is 427 g/mol. The average molecular weight is 429 g/mol. The zero-order valence-corrected chi connectivity index (χ0v) is 15.9. The van der Waals surface area contributed by atoms with Crippen LogP contribution in [0.4, 0.5) is 5.69 Å². The molecule has 1 amide bonds. The summed E-state index contributed by atoms with van der Waals surface area (Å²) in [5.41, 5.74) is 1.84. The highest BCUT2D eigenvalue weighted by molar-refractivity contribution is 9.10. The van der Waals surface area contributed by atoms with Gasteiger partial charge in [-0.25, -0.2) is 8.42 Å². The number of hydrogen-bond acceptors (Lipinski definition) is 3. The van der Waals surface area contributed by atoms with Gasteiger partial charge in [-0.3, -0.25) is 4.79 Å². The number of anilines is 1. The smallest absolute Gasteiger partial charge is 0.242 e. The lowest BCUT2D eigenvalue weighted by atomic mass is 10.0. The number of hydrogen-bond donors (Lipinski definition) is 0. The van der Waals surface area contributed by atoms with Gasteiger partial charge in [-0.15, -0.1) is 0 Å². The van der Waals surface area contributed by atoms with Crippen molar-refractivity contribution in [1.82, 2.24) is 0 Å². The maximum atomic E-state index is 12.6. The number of rotatable bonds is 3. The molecule has 126 valence electrons. The van der Waals surface area contributed by atoms with E-state index in [9.17, 15) is 13.2 Å². The number of amides is 1. The van der Waals surface area contributed by atoms with Crippen molar-refractivity contribution in [3.8, 4) is 0 Å². The van der Waals surface area contributed by atoms with Gasteiger partial charge in [0, 0.05) is 21.7 Å². The number of sulfone groups is 1. The van der Waals surface area contributed by atoms with Gasteiger partial charge in [0.25, 0.3) is 0 Å². The molecule has 2 aromatic carbocycles. The zero-order chi connectivity index (χ0) is 17.3. The minimum absolute atomic E-state index is 0.105. The molecule has 7 heteroatoms. The SMILES string of the molecule is O=C(CS(=O)(=O)c1ccc(Cl)cc1)N1CCCc2cc(Br)ccc21. The highest BCUT2D eigenvalue weighted by Crippen LogP contribution is 2.30. The average Bonchev–Trinajstić information content (AvgIpc) is 2.54. The molecule has 0 unspecified atom stereocenters. The van der Waals surface area contributed by atoms with E-state index in [1.165, 1.54) is 24.3 Å². The lowest BCUT2D eigenvalue weighted by Gasteiger charge is -2.29. The van der Waals surface area contributed by atoms with E-state index in [4.69, 9.17) is 11.6 Å². The van der Waals surface area contributed by atoms with Gasteiger partial charge < -0.3 is 4.90 Å². The molecule has 4 nitrogen and oxygen atoms in total. The zero-order valence-electron chi connectivity index (χ0n) is 12.7. The van der Waals surface area contributed by atoms with Crippen LogP contribution in [-0.4, -0.2) is 26.6 Å². The Balaban J connectivity index is 1.84. The molecule has 0 aliphatic carbocycles. The van der Waals surface area contributed by atoms with Crippen LogP contribution in [0.25, 0.3) is 0 Å².